The van der Waals surface area contributed by atoms with Crippen LogP contribution in [0.3, 0.4) is 0 Å². The highest BCUT2D eigenvalue weighted by Gasteiger charge is 2.34. The number of oxime groups is 1. The first kappa shape index (κ1) is 20.8. The molecule has 7 nitrogen and oxygen atoms in total. The highest BCUT2D eigenvalue weighted by Crippen LogP contribution is 2.29. The zero-order valence-corrected chi connectivity index (χ0v) is 17.5. The van der Waals surface area contributed by atoms with Gasteiger partial charge in [0.05, 0.1) is 10.5 Å². The number of fused-ring (bicyclic) bond motifs is 1. The van der Waals surface area contributed by atoms with E-state index in [0.717, 1.165) is 23.2 Å². The minimum Gasteiger partial charge on any atom is -0.411 e. The van der Waals surface area contributed by atoms with E-state index in [1.165, 1.54) is 0 Å². The lowest BCUT2D eigenvalue weighted by molar-refractivity contribution is -0.120. The molecule has 154 valence electrons. The number of hydrogen-bond acceptors (Lipinski definition) is 5. The number of nitrogens with one attached hydrogen (secondary N) is 2. The van der Waals surface area contributed by atoms with Gasteiger partial charge in [-0.25, -0.2) is 13.1 Å². The number of nitrogens with zero attached hydrogens (tertiary/aromatic N) is 1. The van der Waals surface area contributed by atoms with Gasteiger partial charge in [0.1, 0.15) is 0 Å². The third-order valence-electron chi connectivity index (χ3n) is 5.66. The molecule has 0 atom stereocenters. The van der Waals surface area contributed by atoms with E-state index in [2.05, 4.69) is 15.2 Å². The van der Waals surface area contributed by atoms with Gasteiger partial charge < -0.3 is 10.5 Å². The molecule has 28 heavy (non-hydrogen) atoms. The molecule has 3 N–H and O–H groups in total. The van der Waals surface area contributed by atoms with Gasteiger partial charge >= 0.3 is 0 Å². The molecule has 0 heterocycles. The summed E-state index contributed by atoms with van der Waals surface area (Å²) in [4.78, 5) is 12.6. The van der Waals surface area contributed by atoms with Crippen LogP contribution in [0, 0.1) is 5.92 Å². The van der Waals surface area contributed by atoms with Crippen LogP contribution in [-0.2, 0) is 21.2 Å². The van der Waals surface area contributed by atoms with Crippen molar-refractivity contribution in [3.63, 3.8) is 0 Å². The lowest BCUT2D eigenvalue weighted by Crippen LogP contribution is -2.46. The predicted octanol–water partition coefficient (Wildman–Crippen LogP) is 3.03. The number of rotatable bonds is 4. The third kappa shape index (κ3) is 4.38. The van der Waals surface area contributed by atoms with E-state index >= 15 is 0 Å². The topological polar surface area (TPSA) is 108 Å². The van der Waals surface area contributed by atoms with Gasteiger partial charge in [-0.1, -0.05) is 11.2 Å². The quantitative estimate of drug-likeness (QED) is 0.527. The van der Waals surface area contributed by atoms with Gasteiger partial charge in [-0.05, 0) is 77.0 Å². The van der Waals surface area contributed by atoms with Crippen molar-refractivity contribution in [2.75, 3.05) is 5.32 Å². The van der Waals surface area contributed by atoms with Gasteiger partial charge in [0.25, 0.3) is 0 Å². The lowest BCUT2D eigenvalue weighted by atomic mass is 9.86. The molecular formula is C20H29N3O4S. The summed E-state index contributed by atoms with van der Waals surface area (Å²) < 4.78 is 26.6. The van der Waals surface area contributed by atoms with Crippen molar-refractivity contribution in [3.05, 3.63) is 29.3 Å². The molecule has 2 aliphatic rings. The van der Waals surface area contributed by atoms with Crippen molar-refractivity contribution in [1.82, 2.24) is 4.72 Å². The number of sulfonamides is 1. The zero-order chi connectivity index (χ0) is 20.5. The van der Waals surface area contributed by atoms with Crippen molar-refractivity contribution in [1.29, 1.82) is 0 Å². The largest absolute Gasteiger partial charge is 0.411 e. The molecule has 0 aliphatic heterocycles. The zero-order valence-electron chi connectivity index (χ0n) is 16.7. The second-order valence-corrected chi connectivity index (χ2v) is 11.2. The lowest BCUT2D eigenvalue weighted by Gasteiger charge is -2.30. The van der Waals surface area contributed by atoms with Crippen LogP contribution >= 0.6 is 0 Å². The Morgan fingerprint density at radius 3 is 2.43 bits per heavy atom. The predicted molar refractivity (Wildman–Crippen MR) is 109 cm³/mol. The van der Waals surface area contributed by atoms with Crippen molar-refractivity contribution in [3.8, 4) is 0 Å². The fourth-order valence-electron chi connectivity index (χ4n) is 3.77. The number of hydrogen-bond donors (Lipinski definition) is 3. The average Bonchev–Trinajstić information content (AvgIpc) is 3.03. The summed E-state index contributed by atoms with van der Waals surface area (Å²) in [6.07, 6.45) is 4.15. The molecule has 1 amide bonds. The fraction of sp³-hybridized carbons (Fsp3) is 0.600. The molecule has 0 bridgehead atoms. The summed E-state index contributed by atoms with van der Waals surface area (Å²) in [5, 5.41) is 15.3. The minimum atomic E-state index is -3.37. The number of benzene rings is 1. The van der Waals surface area contributed by atoms with E-state index in [-0.39, 0.29) is 17.9 Å². The van der Waals surface area contributed by atoms with Crippen LogP contribution in [0.1, 0.15) is 64.0 Å². The Kier molecular flexibility index (Phi) is 5.82. The molecule has 0 radical (unpaired) electrons. The Labute approximate surface area is 166 Å². The number of aryl methyl sites for hydroxylation is 1. The van der Waals surface area contributed by atoms with Gasteiger partial charge in [0, 0.05) is 23.2 Å². The molecule has 0 unspecified atom stereocenters. The number of carbonyl (C=O) groups is 1. The maximum Gasteiger partial charge on any atom is 0.227 e. The van der Waals surface area contributed by atoms with E-state index in [4.69, 9.17) is 5.21 Å². The van der Waals surface area contributed by atoms with E-state index < -0.39 is 14.8 Å². The molecule has 0 spiro atoms. The van der Waals surface area contributed by atoms with Crippen LogP contribution in [0.5, 0.6) is 0 Å². The first-order chi connectivity index (χ1) is 13.1. The Balaban J connectivity index is 1.55. The molecule has 1 saturated carbocycles. The SMILES string of the molecule is CC(C)(C)S(=O)(=O)NC1CCC(C(=O)Nc2ccc3c(c2)CCC3=NO)CC1. The maximum absolute atomic E-state index is 12.6. The number of carbonyl (C=O) groups excluding carboxylic acids is 1. The fourth-order valence-corrected chi connectivity index (χ4v) is 4.79. The van der Waals surface area contributed by atoms with E-state index in [9.17, 15) is 13.2 Å². The van der Waals surface area contributed by atoms with E-state index in [1.807, 2.05) is 18.2 Å². The number of amides is 1. The standard InChI is InChI=1S/C20H29N3O4S/c1-20(2,3)28(26,27)23-15-7-4-13(5-8-15)19(24)21-16-9-10-17-14(12-16)6-11-18(17)22-25/h9-10,12-13,15,23,25H,4-8,11H2,1-3H3,(H,21,24). The van der Waals surface area contributed by atoms with Crippen molar-refractivity contribution in [2.45, 2.75) is 70.1 Å². The summed E-state index contributed by atoms with van der Waals surface area (Å²) in [7, 11) is -3.37. The summed E-state index contributed by atoms with van der Waals surface area (Å²) in [6.45, 7) is 5.04. The van der Waals surface area contributed by atoms with E-state index in [1.54, 1.807) is 20.8 Å². The van der Waals surface area contributed by atoms with Gasteiger partial charge in [-0.2, -0.15) is 0 Å². The molecule has 0 aromatic heterocycles. The Morgan fingerprint density at radius 1 is 1.14 bits per heavy atom. The van der Waals surface area contributed by atoms with Crippen LogP contribution in [0.4, 0.5) is 5.69 Å². The molecule has 8 heteroatoms. The monoisotopic (exact) mass is 407 g/mol. The highest BCUT2D eigenvalue weighted by molar-refractivity contribution is 7.90. The maximum atomic E-state index is 12.6. The van der Waals surface area contributed by atoms with Crippen molar-refractivity contribution < 1.29 is 18.4 Å². The van der Waals surface area contributed by atoms with Crippen molar-refractivity contribution >= 4 is 27.3 Å². The van der Waals surface area contributed by atoms with Crippen LogP contribution in [0.25, 0.3) is 0 Å². The van der Waals surface area contributed by atoms with E-state index in [0.29, 0.717) is 37.8 Å². The first-order valence-electron chi connectivity index (χ1n) is 9.77. The molecule has 1 aromatic rings. The minimum absolute atomic E-state index is 0.0221. The van der Waals surface area contributed by atoms with Crippen LogP contribution in [0.2, 0.25) is 0 Å². The molecule has 1 aromatic carbocycles. The highest BCUT2D eigenvalue weighted by atomic mass is 32.2. The summed E-state index contributed by atoms with van der Waals surface area (Å²) in [5.41, 5.74) is 3.44. The van der Waals surface area contributed by atoms with Gasteiger partial charge in [0.15, 0.2) is 0 Å². The van der Waals surface area contributed by atoms with Crippen LogP contribution < -0.4 is 10.0 Å². The van der Waals surface area contributed by atoms with Gasteiger partial charge in [0.2, 0.25) is 15.9 Å². The summed E-state index contributed by atoms with van der Waals surface area (Å²) in [6, 6.07) is 5.54. The van der Waals surface area contributed by atoms with Gasteiger partial charge in [-0.3, -0.25) is 4.79 Å². The second-order valence-electron chi connectivity index (χ2n) is 8.69. The smallest absolute Gasteiger partial charge is 0.227 e. The third-order valence-corrected chi connectivity index (χ3v) is 7.92. The molecular weight excluding hydrogens is 378 g/mol. The van der Waals surface area contributed by atoms with Crippen molar-refractivity contribution in [2.24, 2.45) is 11.1 Å². The normalized spacial score (nSPS) is 24.2. The molecule has 3 rings (SSSR count). The van der Waals surface area contributed by atoms with Crippen LogP contribution in [0.15, 0.2) is 23.4 Å². The summed E-state index contributed by atoms with van der Waals surface area (Å²) in [5.74, 6) is -0.135. The summed E-state index contributed by atoms with van der Waals surface area (Å²) >= 11 is 0. The second kappa shape index (κ2) is 7.83. The molecule has 0 saturated heterocycles. The molecule has 1 fully saturated rings. The Bertz CT molecular complexity index is 879. The van der Waals surface area contributed by atoms with Crippen LogP contribution in [-0.4, -0.2) is 36.0 Å². The first-order valence-corrected chi connectivity index (χ1v) is 11.3. The average molecular weight is 408 g/mol. The Hall–Kier alpha value is -1.93. The molecule has 2 aliphatic carbocycles. The Morgan fingerprint density at radius 2 is 1.82 bits per heavy atom. The van der Waals surface area contributed by atoms with Gasteiger partial charge in [-0.15, -0.1) is 0 Å². The number of anilines is 1.